The van der Waals surface area contributed by atoms with Crippen molar-refractivity contribution in [2.24, 2.45) is 0 Å². The molecule has 1 aromatic carbocycles. The Hall–Kier alpha value is -2.96. The molecule has 0 aliphatic heterocycles. The van der Waals surface area contributed by atoms with Crippen molar-refractivity contribution < 1.29 is 19.2 Å². The van der Waals surface area contributed by atoms with Crippen LogP contribution in [0.1, 0.15) is 15.9 Å². The quantitative estimate of drug-likeness (QED) is 0.488. The third kappa shape index (κ3) is 3.33. The molecule has 1 heterocycles. The highest BCUT2D eigenvalue weighted by Gasteiger charge is 2.11. The lowest BCUT2D eigenvalue weighted by Gasteiger charge is -2.09. The van der Waals surface area contributed by atoms with Crippen molar-refractivity contribution in [2.75, 3.05) is 7.11 Å². The van der Waals surface area contributed by atoms with Crippen LogP contribution >= 0.6 is 0 Å². The smallest absolute Gasteiger partial charge is 0.337 e. The number of benzene rings is 1. The van der Waals surface area contributed by atoms with Gasteiger partial charge in [-0.25, -0.2) is 9.78 Å². The van der Waals surface area contributed by atoms with E-state index in [4.69, 9.17) is 4.74 Å². The molecule has 0 fully saturated rings. The monoisotopic (exact) mass is 288 g/mol. The molecule has 0 saturated heterocycles. The van der Waals surface area contributed by atoms with Gasteiger partial charge in [-0.2, -0.15) is 0 Å². The number of carbonyl (C=O) groups is 1. The Kier molecular flexibility index (Phi) is 4.13. The molecule has 7 heteroatoms. The van der Waals surface area contributed by atoms with Gasteiger partial charge in [0, 0.05) is 12.1 Å². The van der Waals surface area contributed by atoms with Crippen molar-refractivity contribution in [3.63, 3.8) is 0 Å². The maximum Gasteiger partial charge on any atom is 0.337 e. The summed E-state index contributed by atoms with van der Waals surface area (Å²) in [6, 6.07) is 7.55. The van der Waals surface area contributed by atoms with E-state index in [2.05, 4.69) is 9.72 Å². The number of ether oxygens (including phenoxy) is 2. The Morgan fingerprint density at radius 3 is 2.62 bits per heavy atom. The fourth-order valence-corrected chi connectivity index (χ4v) is 1.61. The number of aromatic nitrogens is 1. The summed E-state index contributed by atoms with van der Waals surface area (Å²) in [6.45, 7) is 1.81. The van der Waals surface area contributed by atoms with Crippen LogP contribution in [0.2, 0.25) is 0 Å². The molecule has 0 amide bonds. The molecule has 1 aromatic heterocycles. The van der Waals surface area contributed by atoms with Crippen molar-refractivity contribution in [1.82, 2.24) is 4.98 Å². The third-order valence-corrected chi connectivity index (χ3v) is 2.76. The number of carbonyl (C=O) groups excluding carboxylic acids is 1. The van der Waals surface area contributed by atoms with Gasteiger partial charge in [-0.3, -0.25) is 10.1 Å². The third-order valence-electron chi connectivity index (χ3n) is 2.76. The fourth-order valence-electron chi connectivity index (χ4n) is 1.61. The predicted octanol–water partition coefficient (Wildman–Crippen LogP) is 2.88. The van der Waals surface area contributed by atoms with E-state index in [-0.39, 0.29) is 11.6 Å². The van der Waals surface area contributed by atoms with E-state index in [0.29, 0.717) is 11.3 Å². The summed E-state index contributed by atoms with van der Waals surface area (Å²) >= 11 is 0. The van der Waals surface area contributed by atoms with Crippen LogP contribution in [0.15, 0.2) is 36.5 Å². The van der Waals surface area contributed by atoms with E-state index in [1.807, 2.05) is 6.92 Å². The van der Waals surface area contributed by atoms with Gasteiger partial charge in [-0.1, -0.05) is 6.07 Å². The number of pyridine rings is 1. The van der Waals surface area contributed by atoms with E-state index >= 15 is 0 Å². The first-order valence-electron chi connectivity index (χ1n) is 5.98. The Morgan fingerprint density at radius 1 is 1.29 bits per heavy atom. The molecule has 0 N–H and O–H groups in total. The molecule has 0 radical (unpaired) electrons. The minimum atomic E-state index is -0.542. The predicted molar refractivity (Wildman–Crippen MR) is 73.5 cm³/mol. The van der Waals surface area contributed by atoms with Crippen molar-refractivity contribution in [3.05, 3.63) is 57.8 Å². The van der Waals surface area contributed by atoms with Crippen LogP contribution in [-0.4, -0.2) is 23.0 Å². The maximum atomic E-state index is 11.5. The highest BCUT2D eigenvalue weighted by Crippen LogP contribution is 2.26. The van der Waals surface area contributed by atoms with E-state index < -0.39 is 10.9 Å². The number of hydrogen-bond donors (Lipinski definition) is 0. The average Bonchev–Trinajstić information content (AvgIpc) is 2.49. The summed E-state index contributed by atoms with van der Waals surface area (Å²) < 4.78 is 10.2. The molecule has 2 rings (SSSR count). The number of hydrogen-bond acceptors (Lipinski definition) is 6. The zero-order valence-corrected chi connectivity index (χ0v) is 11.4. The van der Waals surface area contributed by atoms with Gasteiger partial charge < -0.3 is 9.47 Å². The lowest BCUT2D eigenvalue weighted by atomic mass is 10.1. The molecule has 108 valence electrons. The van der Waals surface area contributed by atoms with E-state index in [0.717, 1.165) is 11.8 Å². The molecule has 0 aliphatic rings. The Bertz CT molecular complexity index is 682. The lowest BCUT2D eigenvalue weighted by molar-refractivity contribution is -0.385. The Labute approximate surface area is 120 Å². The minimum absolute atomic E-state index is 0.123. The summed E-state index contributed by atoms with van der Waals surface area (Å²) in [4.78, 5) is 25.3. The molecule has 21 heavy (non-hydrogen) atoms. The molecule has 0 aliphatic carbocycles. The Balaban J connectivity index is 2.26. The fraction of sp³-hybridized carbons (Fsp3) is 0.143. The second-order valence-electron chi connectivity index (χ2n) is 4.19. The highest BCUT2D eigenvalue weighted by atomic mass is 16.6. The van der Waals surface area contributed by atoms with Gasteiger partial charge in [0.25, 0.3) is 5.69 Å². The number of rotatable bonds is 4. The zero-order chi connectivity index (χ0) is 15.4. The summed E-state index contributed by atoms with van der Waals surface area (Å²) in [6.07, 6.45) is 1.11. The van der Waals surface area contributed by atoms with Gasteiger partial charge in [0.15, 0.2) is 0 Å². The first-order chi connectivity index (χ1) is 10.0. The van der Waals surface area contributed by atoms with Crippen molar-refractivity contribution in [2.45, 2.75) is 6.92 Å². The number of nitrogens with zero attached hydrogens (tertiary/aromatic N) is 2. The molecule has 0 saturated carbocycles. The first kappa shape index (κ1) is 14.4. The molecule has 0 unspecified atom stereocenters. The molecule has 2 aromatic rings. The van der Waals surface area contributed by atoms with Crippen LogP contribution in [0.25, 0.3) is 0 Å². The van der Waals surface area contributed by atoms with E-state index in [1.165, 1.54) is 25.3 Å². The van der Waals surface area contributed by atoms with Gasteiger partial charge in [0.2, 0.25) is 5.88 Å². The second-order valence-corrected chi connectivity index (χ2v) is 4.19. The molecule has 0 bridgehead atoms. The highest BCUT2D eigenvalue weighted by molar-refractivity contribution is 5.89. The largest absolute Gasteiger partial charge is 0.465 e. The van der Waals surface area contributed by atoms with Crippen LogP contribution in [-0.2, 0) is 4.74 Å². The van der Waals surface area contributed by atoms with E-state index in [1.54, 1.807) is 12.1 Å². The number of esters is 1. The summed E-state index contributed by atoms with van der Waals surface area (Å²) in [5.41, 5.74) is 1.02. The van der Waals surface area contributed by atoms with Gasteiger partial charge in [0.05, 0.1) is 17.6 Å². The van der Waals surface area contributed by atoms with Crippen molar-refractivity contribution >= 4 is 11.7 Å². The van der Waals surface area contributed by atoms with Crippen LogP contribution in [0.5, 0.6) is 11.6 Å². The molecule has 0 spiro atoms. The number of nitro groups is 1. The maximum absolute atomic E-state index is 11.5. The zero-order valence-electron chi connectivity index (χ0n) is 11.4. The molecule has 0 atom stereocenters. The van der Waals surface area contributed by atoms with Crippen molar-refractivity contribution in [1.29, 1.82) is 0 Å². The summed E-state index contributed by atoms with van der Waals surface area (Å²) in [5, 5.41) is 10.6. The summed E-state index contributed by atoms with van der Waals surface area (Å²) in [7, 11) is 1.29. The SMILES string of the molecule is COC(=O)c1ccc(C)c(Oc2ccc([N+](=O)[O-])cn2)c1. The van der Waals surface area contributed by atoms with Gasteiger partial charge in [0.1, 0.15) is 11.9 Å². The average molecular weight is 288 g/mol. The Morgan fingerprint density at radius 2 is 2.05 bits per heavy atom. The standard InChI is InChI=1S/C14H12N2O5/c1-9-3-4-10(14(17)20-2)7-12(9)21-13-6-5-11(8-15-13)16(18)19/h3-8H,1-2H3. The van der Waals surface area contributed by atoms with Crippen LogP contribution in [0.3, 0.4) is 0 Å². The minimum Gasteiger partial charge on any atom is -0.465 e. The molecular formula is C14H12N2O5. The van der Waals surface area contributed by atoms with Crippen LogP contribution in [0.4, 0.5) is 5.69 Å². The van der Waals surface area contributed by atoms with Crippen molar-refractivity contribution in [3.8, 4) is 11.6 Å². The number of aryl methyl sites for hydroxylation is 1. The van der Waals surface area contributed by atoms with Crippen LogP contribution < -0.4 is 4.74 Å². The van der Waals surface area contributed by atoms with Gasteiger partial charge in [-0.15, -0.1) is 0 Å². The molecule has 7 nitrogen and oxygen atoms in total. The lowest BCUT2D eigenvalue weighted by Crippen LogP contribution is -2.02. The number of methoxy groups -OCH3 is 1. The normalized spacial score (nSPS) is 10.0. The second kappa shape index (κ2) is 6.00. The van der Waals surface area contributed by atoms with Gasteiger partial charge >= 0.3 is 5.97 Å². The topological polar surface area (TPSA) is 91.6 Å². The first-order valence-corrected chi connectivity index (χ1v) is 5.98. The summed E-state index contributed by atoms with van der Waals surface area (Å²) in [5.74, 6) is 0.154. The van der Waals surface area contributed by atoms with E-state index in [9.17, 15) is 14.9 Å². The van der Waals surface area contributed by atoms with Gasteiger partial charge in [-0.05, 0) is 24.6 Å². The van der Waals surface area contributed by atoms with Crippen LogP contribution in [0, 0.1) is 17.0 Å². The molecular weight excluding hydrogens is 276 g/mol.